The van der Waals surface area contributed by atoms with Gasteiger partial charge in [0.1, 0.15) is 0 Å². The molecular formula is C28H44FeN4O4P+2. The van der Waals surface area contributed by atoms with E-state index >= 15 is 0 Å². The SMILES string of the molecule is C[C@H](O)CN1CCN(C[C@H](C)O)CCN(CP(=O)([O-])CN(Cc2ccccc2)Cc2ccccc2)CC1.[Fe+3]. The first-order chi connectivity index (χ1) is 17.7. The van der Waals surface area contributed by atoms with Gasteiger partial charge in [0.05, 0.1) is 12.2 Å². The summed E-state index contributed by atoms with van der Waals surface area (Å²) >= 11 is 0. The minimum Gasteiger partial charge on any atom is -0.798 e. The van der Waals surface area contributed by atoms with Crippen molar-refractivity contribution in [3.05, 3.63) is 71.8 Å². The summed E-state index contributed by atoms with van der Waals surface area (Å²) in [6.07, 6.45) is -0.885. The first kappa shape index (κ1) is 33.1. The van der Waals surface area contributed by atoms with Crippen molar-refractivity contribution in [2.45, 2.75) is 39.1 Å². The second-order valence-electron chi connectivity index (χ2n) is 10.5. The summed E-state index contributed by atoms with van der Waals surface area (Å²) in [5.41, 5.74) is 2.17. The van der Waals surface area contributed by atoms with Crippen LogP contribution < -0.4 is 4.89 Å². The number of rotatable bonds is 12. The Balaban J connectivity index is 0.00000507. The maximum Gasteiger partial charge on any atom is 3.00 e. The van der Waals surface area contributed by atoms with E-state index < -0.39 is 19.6 Å². The van der Waals surface area contributed by atoms with Crippen molar-refractivity contribution in [3.63, 3.8) is 0 Å². The molecule has 0 amide bonds. The van der Waals surface area contributed by atoms with Crippen molar-refractivity contribution in [2.75, 3.05) is 64.9 Å². The molecule has 2 aromatic rings. The van der Waals surface area contributed by atoms with Crippen molar-refractivity contribution in [1.29, 1.82) is 0 Å². The molecule has 3 atom stereocenters. The molecule has 38 heavy (non-hydrogen) atoms. The molecule has 3 rings (SSSR count). The van der Waals surface area contributed by atoms with Gasteiger partial charge in [-0.05, 0) is 25.0 Å². The zero-order valence-electron chi connectivity index (χ0n) is 22.7. The van der Waals surface area contributed by atoms with Gasteiger partial charge in [-0.15, -0.1) is 0 Å². The van der Waals surface area contributed by atoms with Crippen molar-refractivity contribution < 1.29 is 36.7 Å². The number of hydrogen-bond acceptors (Lipinski definition) is 8. The summed E-state index contributed by atoms with van der Waals surface area (Å²) in [6.45, 7) is 9.98. The summed E-state index contributed by atoms with van der Waals surface area (Å²) in [5, 5.41) is 19.9. The van der Waals surface area contributed by atoms with Crippen LogP contribution in [0.4, 0.5) is 0 Å². The summed E-state index contributed by atoms with van der Waals surface area (Å²) in [4.78, 5) is 21.9. The molecule has 1 saturated heterocycles. The normalized spacial score (nSPS) is 19.5. The fourth-order valence-electron chi connectivity index (χ4n) is 4.93. The predicted molar refractivity (Wildman–Crippen MR) is 147 cm³/mol. The Morgan fingerprint density at radius 3 is 1.50 bits per heavy atom. The van der Waals surface area contributed by atoms with Crippen LogP contribution in [-0.2, 0) is 34.7 Å². The van der Waals surface area contributed by atoms with Gasteiger partial charge in [-0.3, -0.25) is 19.6 Å². The summed E-state index contributed by atoms with van der Waals surface area (Å²) in [6, 6.07) is 20.0. The molecule has 8 nitrogen and oxygen atoms in total. The van der Waals surface area contributed by atoms with E-state index in [1.165, 1.54) is 0 Å². The molecule has 1 radical (unpaired) electrons. The second-order valence-corrected chi connectivity index (χ2v) is 12.7. The third-order valence-electron chi connectivity index (χ3n) is 6.57. The molecule has 1 heterocycles. The number of aliphatic hydroxyl groups is 2. The molecule has 1 aliphatic heterocycles. The molecule has 2 N–H and O–H groups in total. The standard InChI is InChI=1S/C28H45N4O4P.Fe/c1-25(33)19-29-13-14-30(20-26(2)34)16-18-31(17-15-29)23-37(35,36)24-32(21-27-9-5-3-6-10-27)22-28-11-7-4-8-12-28;/h3-12,25-26,33-34H,13-24H2,1-2H3,(H,35,36);/q;+3/p-1/t25-,26-;/m0./s1. The summed E-state index contributed by atoms with van der Waals surface area (Å²) in [7, 11) is -3.77. The van der Waals surface area contributed by atoms with Crippen LogP contribution in [0, 0.1) is 0 Å². The molecular weight excluding hydrogens is 543 g/mol. The first-order valence-electron chi connectivity index (χ1n) is 13.3. The quantitative estimate of drug-likeness (QED) is 0.288. The van der Waals surface area contributed by atoms with E-state index in [0.29, 0.717) is 52.4 Å². The van der Waals surface area contributed by atoms with Gasteiger partial charge in [-0.1, -0.05) is 60.7 Å². The van der Waals surface area contributed by atoms with Crippen LogP contribution in [0.5, 0.6) is 0 Å². The topological polar surface area (TPSA) is 93.5 Å². The van der Waals surface area contributed by atoms with Crippen LogP contribution in [0.25, 0.3) is 0 Å². The number of aliphatic hydroxyl groups excluding tert-OH is 2. The van der Waals surface area contributed by atoms with E-state index in [2.05, 4.69) is 9.80 Å². The fraction of sp³-hybridized carbons (Fsp3) is 0.571. The maximum atomic E-state index is 13.5. The van der Waals surface area contributed by atoms with E-state index in [-0.39, 0.29) is 29.6 Å². The van der Waals surface area contributed by atoms with Crippen LogP contribution in [0.2, 0.25) is 0 Å². The molecule has 2 aromatic carbocycles. The monoisotopic (exact) mass is 587 g/mol. The van der Waals surface area contributed by atoms with Gasteiger partial charge in [0.15, 0.2) is 0 Å². The van der Waals surface area contributed by atoms with E-state index in [4.69, 9.17) is 0 Å². The van der Waals surface area contributed by atoms with Crippen molar-refractivity contribution in [2.24, 2.45) is 0 Å². The molecule has 211 valence electrons. The molecule has 0 aromatic heterocycles. The zero-order chi connectivity index (χ0) is 26.7. The Morgan fingerprint density at radius 2 is 1.13 bits per heavy atom. The summed E-state index contributed by atoms with van der Waals surface area (Å²) < 4.78 is 13.5. The predicted octanol–water partition coefficient (Wildman–Crippen LogP) is 1.92. The van der Waals surface area contributed by atoms with Crippen LogP contribution in [-0.4, -0.2) is 107 Å². The van der Waals surface area contributed by atoms with Crippen LogP contribution in [0.3, 0.4) is 0 Å². The number of hydrogen-bond donors (Lipinski definition) is 2. The Labute approximate surface area is 239 Å². The minimum absolute atomic E-state index is 0. The van der Waals surface area contributed by atoms with E-state index in [1.54, 1.807) is 13.8 Å². The van der Waals surface area contributed by atoms with Gasteiger partial charge in [0.25, 0.3) is 0 Å². The van der Waals surface area contributed by atoms with E-state index in [9.17, 15) is 19.7 Å². The van der Waals surface area contributed by atoms with Crippen molar-refractivity contribution in [3.8, 4) is 0 Å². The zero-order valence-corrected chi connectivity index (χ0v) is 24.7. The minimum atomic E-state index is -3.77. The first-order valence-corrected chi connectivity index (χ1v) is 15.3. The number of benzene rings is 2. The summed E-state index contributed by atoms with van der Waals surface area (Å²) in [5.74, 6) is 0. The Bertz CT molecular complexity index is 891. The molecule has 1 fully saturated rings. The fourth-order valence-corrected chi connectivity index (χ4v) is 6.72. The molecule has 0 spiro atoms. The smallest absolute Gasteiger partial charge is 0.798 e. The Morgan fingerprint density at radius 1 is 0.763 bits per heavy atom. The van der Waals surface area contributed by atoms with Gasteiger partial charge in [-0.25, -0.2) is 0 Å². The van der Waals surface area contributed by atoms with Crippen LogP contribution in [0.15, 0.2) is 60.7 Å². The largest absolute Gasteiger partial charge is 3.00 e. The third kappa shape index (κ3) is 12.8. The van der Waals surface area contributed by atoms with Gasteiger partial charge in [-0.2, -0.15) is 0 Å². The van der Waals surface area contributed by atoms with Gasteiger partial charge in [0, 0.05) is 85.4 Å². The average molecular weight is 588 g/mol. The molecule has 10 heteroatoms. The second kappa shape index (κ2) is 16.9. The van der Waals surface area contributed by atoms with Gasteiger partial charge >= 0.3 is 17.1 Å². The van der Waals surface area contributed by atoms with Crippen molar-refractivity contribution >= 4 is 7.37 Å². The van der Waals surface area contributed by atoms with E-state index in [1.807, 2.05) is 70.5 Å². The molecule has 1 unspecified atom stereocenters. The molecule has 0 bridgehead atoms. The average Bonchev–Trinajstić information content (AvgIpc) is 2.91. The molecule has 1 aliphatic rings. The molecule has 0 aliphatic carbocycles. The number of β-amino-alcohol motifs (C(OH)–C–C–N with tert-alkyl or cyclic N) is 2. The third-order valence-corrected chi connectivity index (χ3v) is 8.23. The molecule has 0 saturated carbocycles. The van der Waals surface area contributed by atoms with Gasteiger partial charge in [0.2, 0.25) is 0 Å². The van der Waals surface area contributed by atoms with E-state index in [0.717, 1.165) is 24.2 Å². The maximum absolute atomic E-state index is 13.5. The Hall–Kier alpha value is -1.09. The van der Waals surface area contributed by atoms with Crippen molar-refractivity contribution in [1.82, 2.24) is 19.6 Å². The van der Waals surface area contributed by atoms with Crippen LogP contribution >= 0.6 is 7.37 Å². The van der Waals surface area contributed by atoms with Crippen LogP contribution in [0.1, 0.15) is 25.0 Å². The van der Waals surface area contributed by atoms with Gasteiger partial charge < -0.3 is 19.7 Å². The number of nitrogens with zero attached hydrogens (tertiary/aromatic N) is 4. The Kier molecular flexibility index (Phi) is 14.7.